The molecular weight excluding hydrogens is 413 g/mol. The summed E-state index contributed by atoms with van der Waals surface area (Å²) in [5.41, 5.74) is 0.177. The molecule has 31 heavy (non-hydrogen) atoms. The van der Waals surface area contributed by atoms with E-state index in [0.29, 0.717) is 49.5 Å². The van der Waals surface area contributed by atoms with Crippen molar-refractivity contribution in [1.29, 1.82) is 0 Å². The molecule has 1 aliphatic heterocycles. The highest BCUT2D eigenvalue weighted by Gasteiger charge is 2.31. The number of halogens is 3. The van der Waals surface area contributed by atoms with Crippen molar-refractivity contribution in [3.63, 3.8) is 0 Å². The summed E-state index contributed by atoms with van der Waals surface area (Å²) in [6.07, 6.45) is -2.98. The number of rotatable bonds is 3. The van der Waals surface area contributed by atoms with Crippen LogP contribution in [-0.4, -0.2) is 46.5 Å². The van der Waals surface area contributed by atoms with Gasteiger partial charge in [0.1, 0.15) is 11.9 Å². The maximum Gasteiger partial charge on any atom is 0.420 e. The van der Waals surface area contributed by atoms with Crippen LogP contribution in [0.15, 0.2) is 51.8 Å². The molecule has 1 saturated heterocycles. The quantitative estimate of drug-likeness (QED) is 0.633. The predicted molar refractivity (Wildman–Crippen MR) is 108 cm³/mol. The first-order valence-electron chi connectivity index (χ1n) is 9.93. The van der Waals surface area contributed by atoms with Gasteiger partial charge in [0.25, 0.3) is 0 Å². The molecule has 1 fully saturated rings. The molecule has 0 saturated carbocycles. The molecule has 10 heteroatoms. The minimum Gasteiger partial charge on any atom is -0.408 e. The van der Waals surface area contributed by atoms with Gasteiger partial charge >= 0.3 is 11.9 Å². The second-order valence-electron chi connectivity index (χ2n) is 7.45. The van der Waals surface area contributed by atoms with E-state index in [1.807, 2.05) is 4.90 Å². The SMILES string of the molecule is C[C@@H](C(=O)N1CCCN(c2ccc(C(F)(F)F)cn2)CC1)n1c(=O)oc2ccccc21. The fourth-order valence-electron chi connectivity index (χ4n) is 3.83. The van der Waals surface area contributed by atoms with Crippen LogP contribution in [0, 0.1) is 0 Å². The average Bonchev–Trinajstić information content (AvgIpc) is 2.91. The molecule has 0 unspecified atom stereocenters. The molecule has 3 heterocycles. The molecule has 4 rings (SSSR count). The number of fused-ring (bicyclic) bond motifs is 1. The molecule has 1 atom stereocenters. The zero-order chi connectivity index (χ0) is 22.2. The third-order valence-corrected chi connectivity index (χ3v) is 5.47. The molecule has 1 aromatic carbocycles. The topological polar surface area (TPSA) is 71.6 Å². The largest absolute Gasteiger partial charge is 0.420 e. The first kappa shape index (κ1) is 21.0. The van der Waals surface area contributed by atoms with E-state index in [2.05, 4.69) is 4.98 Å². The number of oxazole rings is 1. The monoisotopic (exact) mass is 434 g/mol. The predicted octanol–water partition coefficient (Wildman–Crippen LogP) is 3.31. The minimum atomic E-state index is -4.43. The first-order chi connectivity index (χ1) is 14.8. The van der Waals surface area contributed by atoms with Crippen molar-refractivity contribution in [2.24, 2.45) is 0 Å². The van der Waals surface area contributed by atoms with E-state index in [1.165, 1.54) is 10.6 Å². The molecule has 0 spiro atoms. The summed E-state index contributed by atoms with van der Waals surface area (Å²) in [4.78, 5) is 32.9. The number of pyridine rings is 1. The van der Waals surface area contributed by atoms with Gasteiger partial charge in [0, 0.05) is 32.4 Å². The number of carbonyl (C=O) groups is 1. The van der Waals surface area contributed by atoms with E-state index in [-0.39, 0.29) is 5.91 Å². The van der Waals surface area contributed by atoms with Gasteiger partial charge in [0.2, 0.25) is 5.91 Å². The third kappa shape index (κ3) is 4.14. The van der Waals surface area contributed by atoms with E-state index in [1.54, 1.807) is 36.1 Å². The van der Waals surface area contributed by atoms with Gasteiger partial charge in [-0.1, -0.05) is 12.1 Å². The highest BCUT2D eigenvalue weighted by atomic mass is 19.4. The van der Waals surface area contributed by atoms with E-state index >= 15 is 0 Å². The van der Waals surface area contributed by atoms with Gasteiger partial charge in [-0.3, -0.25) is 9.36 Å². The van der Waals surface area contributed by atoms with Crippen LogP contribution >= 0.6 is 0 Å². The molecule has 2 aromatic heterocycles. The van der Waals surface area contributed by atoms with Crippen LogP contribution < -0.4 is 10.7 Å². The van der Waals surface area contributed by atoms with Crippen molar-refractivity contribution in [3.05, 3.63) is 58.7 Å². The van der Waals surface area contributed by atoms with Gasteiger partial charge in [-0.05, 0) is 37.6 Å². The normalized spacial score (nSPS) is 16.4. The Bertz CT molecular complexity index is 1140. The number of carbonyl (C=O) groups excluding carboxylic acids is 1. The number of nitrogens with zero attached hydrogens (tertiary/aromatic N) is 4. The standard InChI is InChI=1S/C21H21F3N4O3/c1-14(28-16-5-2-3-6-17(16)31-20(28)30)19(29)27-10-4-9-26(11-12-27)18-8-7-15(13-25-18)21(22,23)24/h2-3,5-8,13-14H,4,9-12H2,1H3/t14-/m0/s1. The number of amides is 1. The van der Waals surface area contributed by atoms with Gasteiger partial charge in [-0.25, -0.2) is 9.78 Å². The Morgan fingerprint density at radius 3 is 2.58 bits per heavy atom. The van der Waals surface area contributed by atoms with E-state index in [9.17, 15) is 22.8 Å². The number of para-hydroxylation sites is 2. The second-order valence-corrected chi connectivity index (χ2v) is 7.45. The summed E-state index contributed by atoms with van der Waals surface area (Å²) in [5.74, 6) is -0.365. The lowest BCUT2D eigenvalue weighted by molar-refractivity contribution is -0.138. The maximum absolute atomic E-state index is 13.1. The molecule has 164 valence electrons. The first-order valence-corrected chi connectivity index (χ1v) is 9.93. The molecule has 7 nitrogen and oxygen atoms in total. The number of alkyl halides is 3. The van der Waals surface area contributed by atoms with Gasteiger partial charge < -0.3 is 14.2 Å². The van der Waals surface area contributed by atoms with Gasteiger partial charge in [-0.2, -0.15) is 13.2 Å². The van der Waals surface area contributed by atoms with Crippen LogP contribution in [0.25, 0.3) is 11.1 Å². The number of anilines is 1. The van der Waals surface area contributed by atoms with Crippen molar-refractivity contribution in [1.82, 2.24) is 14.5 Å². The highest BCUT2D eigenvalue weighted by Crippen LogP contribution is 2.29. The van der Waals surface area contributed by atoms with Crippen LogP contribution in [0.5, 0.6) is 0 Å². The fraction of sp³-hybridized carbons (Fsp3) is 0.381. The third-order valence-electron chi connectivity index (χ3n) is 5.47. The van der Waals surface area contributed by atoms with Crippen molar-refractivity contribution in [2.45, 2.75) is 25.6 Å². The van der Waals surface area contributed by atoms with Gasteiger partial charge in [-0.15, -0.1) is 0 Å². The molecule has 0 N–H and O–H groups in total. The Labute approximate surface area is 175 Å². The van der Waals surface area contributed by atoms with Gasteiger partial charge in [0.05, 0.1) is 11.1 Å². The van der Waals surface area contributed by atoms with E-state index in [4.69, 9.17) is 4.42 Å². The van der Waals surface area contributed by atoms with Gasteiger partial charge in [0.15, 0.2) is 5.58 Å². The Hall–Kier alpha value is -3.30. The zero-order valence-electron chi connectivity index (χ0n) is 16.8. The molecule has 3 aromatic rings. The molecule has 0 aliphatic carbocycles. The lowest BCUT2D eigenvalue weighted by Gasteiger charge is -2.25. The van der Waals surface area contributed by atoms with Crippen molar-refractivity contribution >= 4 is 22.8 Å². The summed E-state index contributed by atoms with van der Waals surface area (Å²) in [7, 11) is 0. The number of hydrogen-bond donors (Lipinski definition) is 0. The molecular formula is C21H21F3N4O3. The van der Waals surface area contributed by atoms with Crippen LogP contribution in [0.3, 0.4) is 0 Å². The second kappa shape index (κ2) is 8.09. The molecule has 1 amide bonds. The summed E-state index contributed by atoms with van der Waals surface area (Å²) in [6.45, 7) is 3.50. The molecule has 1 aliphatic rings. The van der Waals surface area contributed by atoms with Crippen LogP contribution in [-0.2, 0) is 11.0 Å². The molecule has 0 bridgehead atoms. The summed E-state index contributed by atoms with van der Waals surface area (Å²) < 4.78 is 44.8. The smallest absolute Gasteiger partial charge is 0.408 e. The zero-order valence-corrected chi connectivity index (χ0v) is 16.8. The number of hydrogen-bond acceptors (Lipinski definition) is 5. The van der Waals surface area contributed by atoms with E-state index < -0.39 is 23.5 Å². The summed E-state index contributed by atoms with van der Waals surface area (Å²) in [5, 5.41) is 0. The lowest BCUT2D eigenvalue weighted by Crippen LogP contribution is -2.40. The Morgan fingerprint density at radius 2 is 1.87 bits per heavy atom. The van der Waals surface area contributed by atoms with Crippen LogP contribution in [0.1, 0.15) is 24.9 Å². The Balaban J connectivity index is 1.47. The fourth-order valence-corrected chi connectivity index (χ4v) is 3.83. The van der Waals surface area contributed by atoms with Crippen LogP contribution in [0.2, 0.25) is 0 Å². The summed E-state index contributed by atoms with van der Waals surface area (Å²) >= 11 is 0. The van der Waals surface area contributed by atoms with Crippen molar-refractivity contribution in [2.75, 3.05) is 31.1 Å². The van der Waals surface area contributed by atoms with Crippen LogP contribution in [0.4, 0.5) is 19.0 Å². The summed E-state index contributed by atoms with van der Waals surface area (Å²) in [6, 6.07) is 8.53. The number of benzene rings is 1. The Morgan fingerprint density at radius 1 is 1.10 bits per heavy atom. The van der Waals surface area contributed by atoms with E-state index in [0.717, 1.165) is 12.3 Å². The molecule has 0 radical (unpaired) electrons. The Kier molecular flexibility index (Phi) is 5.47. The minimum absolute atomic E-state index is 0.212. The van der Waals surface area contributed by atoms with Crippen molar-refractivity contribution in [3.8, 4) is 0 Å². The van der Waals surface area contributed by atoms with Crippen molar-refractivity contribution < 1.29 is 22.4 Å². The highest BCUT2D eigenvalue weighted by molar-refractivity contribution is 5.83. The maximum atomic E-state index is 13.1. The average molecular weight is 434 g/mol. The number of aromatic nitrogens is 2. The lowest BCUT2D eigenvalue weighted by atomic mass is 10.2.